The average molecular weight is 677 g/mol. The van der Waals surface area contributed by atoms with Gasteiger partial charge in [-0.25, -0.2) is 0 Å². The van der Waals surface area contributed by atoms with Gasteiger partial charge in [0.25, 0.3) is 0 Å². The Balaban J connectivity index is 1.02. The van der Waals surface area contributed by atoms with E-state index in [9.17, 15) is 5.41 Å². The Hall–Kier alpha value is -5.91. The fourth-order valence-corrected chi connectivity index (χ4v) is 9.59. The van der Waals surface area contributed by atoms with Crippen LogP contribution in [-0.4, -0.2) is 10.3 Å². The van der Waals surface area contributed by atoms with Gasteiger partial charge in [-0.05, 0) is 90.1 Å². The van der Waals surface area contributed by atoms with Crippen molar-refractivity contribution in [1.29, 1.82) is 5.41 Å². The van der Waals surface area contributed by atoms with Gasteiger partial charge in [-0.2, -0.15) is 0 Å². The van der Waals surface area contributed by atoms with E-state index in [0.717, 1.165) is 35.4 Å². The van der Waals surface area contributed by atoms with Gasteiger partial charge in [-0.3, -0.25) is 5.41 Å². The predicted octanol–water partition coefficient (Wildman–Crippen LogP) is 11.9. The molecular weight excluding hydrogens is 641 g/mol. The largest absolute Gasteiger partial charge is 0.366 e. The van der Waals surface area contributed by atoms with Crippen LogP contribution in [0.2, 0.25) is 0 Å². The first kappa shape index (κ1) is 30.0. The van der Waals surface area contributed by atoms with Crippen molar-refractivity contribution in [3.8, 4) is 0 Å². The van der Waals surface area contributed by atoms with Crippen LogP contribution in [-0.2, 0) is 13.1 Å². The molecule has 0 bridgehead atoms. The lowest BCUT2D eigenvalue weighted by Gasteiger charge is -2.26. The minimum atomic E-state index is 0.317. The molecule has 0 amide bonds. The second-order valence-electron chi connectivity index (χ2n) is 13.6. The topological polar surface area (TPSA) is 44.1 Å². The third-order valence-corrected chi connectivity index (χ3v) is 12.0. The molecule has 51 heavy (non-hydrogen) atoms. The molecule has 10 rings (SSSR count). The van der Waals surface area contributed by atoms with E-state index in [1.165, 1.54) is 66.0 Å². The predicted molar refractivity (Wildman–Crippen MR) is 216 cm³/mol. The zero-order valence-corrected chi connectivity index (χ0v) is 29.0. The van der Waals surface area contributed by atoms with Crippen molar-refractivity contribution in [2.45, 2.75) is 31.8 Å². The third kappa shape index (κ3) is 4.91. The average Bonchev–Trinajstić information content (AvgIpc) is 3.84. The van der Waals surface area contributed by atoms with E-state index >= 15 is 0 Å². The summed E-state index contributed by atoms with van der Waals surface area (Å²) in [6, 6.07) is 45.5. The highest BCUT2D eigenvalue weighted by molar-refractivity contribution is 7.16. The van der Waals surface area contributed by atoms with Crippen molar-refractivity contribution in [3.05, 3.63) is 183 Å². The molecule has 3 heterocycles. The highest BCUT2D eigenvalue weighted by Crippen LogP contribution is 2.52. The van der Waals surface area contributed by atoms with Gasteiger partial charge in [-0.1, -0.05) is 103 Å². The lowest BCUT2D eigenvalue weighted by atomic mass is 9.84. The maximum absolute atomic E-state index is 9.20. The molecule has 0 saturated carbocycles. The number of nitrogens with one attached hydrogen (secondary N) is 2. The van der Waals surface area contributed by atoms with E-state index < -0.39 is 0 Å². The number of hydrogen-bond donors (Lipinski definition) is 2. The number of aromatic nitrogens is 1. The van der Waals surface area contributed by atoms with Gasteiger partial charge in [0.1, 0.15) is 0 Å². The summed E-state index contributed by atoms with van der Waals surface area (Å²) >= 11 is 1.73. The molecule has 1 aliphatic heterocycles. The van der Waals surface area contributed by atoms with Crippen molar-refractivity contribution in [2.24, 2.45) is 0 Å². The van der Waals surface area contributed by atoms with E-state index in [2.05, 4.69) is 136 Å². The van der Waals surface area contributed by atoms with E-state index in [1.807, 2.05) is 30.3 Å². The molecule has 5 aromatic carbocycles. The van der Waals surface area contributed by atoms with Crippen LogP contribution in [0, 0.1) is 5.41 Å². The maximum Gasteiger partial charge on any atom is 0.0926 e. The van der Waals surface area contributed by atoms with Crippen LogP contribution in [0.15, 0.2) is 151 Å². The van der Waals surface area contributed by atoms with E-state index in [1.54, 1.807) is 11.3 Å². The molecule has 4 nitrogen and oxygen atoms in total. The number of benzene rings is 5. The number of rotatable bonds is 7. The van der Waals surface area contributed by atoms with E-state index in [4.69, 9.17) is 0 Å². The zero-order chi connectivity index (χ0) is 33.9. The summed E-state index contributed by atoms with van der Waals surface area (Å²) in [6.07, 6.45) is 12.2. The SMILES string of the molecule is N=C(c1ccccc1)c1sc2c(c1NCn1c3ccccc3c3cc(C4=CC=C5C(C4)c4ccccc4N5c4ccccc4)ccc31)CCC=C2. The molecule has 246 valence electrons. The summed E-state index contributed by atoms with van der Waals surface area (Å²) in [4.78, 5) is 4.71. The monoisotopic (exact) mass is 676 g/mol. The van der Waals surface area contributed by atoms with Crippen molar-refractivity contribution >= 4 is 67.6 Å². The van der Waals surface area contributed by atoms with Gasteiger partial charge in [0.05, 0.1) is 34.0 Å². The number of hydrogen-bond acceptors (Lipinski definition) is 4. The highest BCUT2D eigenvalue weighted by Gasteiger charge is 2.36. The second kappa shape index (κ2) is 12.1. The number of allylic oxidation sites excluding steroid dienone is 5. The summed E-state index contributed by atoms with van der Waals surface area (Å²) in [6.45, 7) is 0.619. The Kier molecular flexibility index (Phi) is 7.14. The summed E-state index contributed by atoms with van der Waals surface area (Å²) in [7, 11) is 0. The molecule has 1 atom stereocenters. The highest BCUT2D eigenvalue weighted by atomic mass is 32.1. The molecule has 2 aromatic heterocycles. The number of anilines is 3. The van der Waals surface area contributed by atoms with Gasteiger partial charge in [-0.15, -0.1) is 11.3 Å². The minimum absolute atomic E-state index is 0.317. The van der Waals surface area contributed by atoms with Gasteiger partial charge in [0.15, 0.2) is 0 Å². The van der Waals surface area contributed by atoms with Gasteiger partial charge in [0, 0.05) is 44.2 Å². The lowest BCUT2D eigenvalue weighted by molar-refractivity contribution is 0.831. The van der Waals surface area contributed by atoms with Crippen LogP contribution in [0.1, 0.15) is 50.8 Å². The zero-order valence-electron chi connectivity index (χ0n) is 28.1. The molecule has 0 spiro atoms. The molecule has 0 radical (unpaired) electrons. The van der Waals surface area contributed by atoms with Crippen molar-refractivity contribution in [1.82, 2.24) is 4.57 Å². The minimum Gasteiger partial charge on any atom is -0.366 e. The summed E-state index contributed by atoms with van der Waals surface area (Å²) in [5.74, 6) is 0.317. The van der Waals surface area contributed by atoms with Crippen molar-refractivity contribution in [3.63, 3.8) is 0 Å². The molecule has 2 aliphatic carbocycles. The van der Waals surface area contributed by atoms with Gasteiger partial charge >= 0.3 is 0 Å². The van der Waals surface area contributed by atoms with Crippen molar-refractivity contribution in [2.75, 3.05) is 10.2 Å². The molecule has 5 heteroatoms. The van der Waals surface area contributed by atoms with Crippen LogP contribution in [0.25, 0.3) is 33.5 Å². The fraction of sp³-hybridized carbons (Fsp3) is 0.109. The standard InChI is InChI=1S/C46H36N4S/c47-44(30-13-3-1-4-14-30)46-45(36-19-9-12-22-43(36)51-46)48-29-49-39-20-10-7-17-34(39)37-27-31(23-25-40(37)49)32-24-26-42-38(28-32)35-18-8-11-21-41(35)50(42)33-15-5-2-6-16-33/h1-8,10-18,20-27,38,47-48H,9,19,28-29H2. The van der Waals surface area contributed by atoms with Crippen LogP contribution >= 0.6 is 11.3 Å². The second-order valence-corrected chi connectivity index (χ2v) is 14.7. The molecular formula is C46H36N4S. The summed E-state index contributed by atoms with van der Waals surface area (Å²) in [5, 5.41) is 15.6. The number of fused-ring (bicyclic) bond motifs is 7. The van der Waals surface area contributed by atoms with E-state index in [0.29, 0.717) is 18.3 Å². The Morgan fingerprint density at radius 2 is 1.55 bits per heavy atom. The molecule has 0 saturated heterocycles. The third-order valence-electron chi connectivity index (χ3n) is 10.8. The Morgan fingerprint density at radius 3 is 2.43 bits per heavy atom. The van der Waals surface area contributed by atoms with Crippen LogP contribution in [0.5, 0.6) is 0 Å². The Labute approximate surface area is 301 Å². The van der Waals surface area contributed by atoms with Crippen LogP contribution < -0.4 is 10.2 Å². The van der Waals surface area contributed by atoms with E-state index in [-0.39, 0.29) is 0 Å². The van der Waals surface area contributed by atoms with Gasteiger partial charge in [0.2, 0.25) is 0 Å². The Bertz CT molecular complexity index is 2580. The normalized spacial score (nSPS) is 16.1. The smallest absolute Gasteiger partial charge is 0.0926 e. The summed E-state index contributed by atoms with van der Waals surface area (Å²) < 4.78 is 2.41. The van der Waals surface area contributed by atoms with Crippen LogP contribution in [0.3, 0.4) is 0 Å². The molecule has 2 N–H and O–H groups in total. The molecule has 3 aliphatic rings. The molecule has 0 fully saturated rings. The maximum atomic E-state index is 9.20. The van der Waals surface area contributed by atoms with Crippen LogP contribution in [0.4, 0.5) is 17.1 Å². The van der Waals surface area contributed by atoms with Crippen molar-refractivity contribution < 1.29 is 0 Å². The number of nitrogens with zero attached hydrogens (tertiary/aromatic N) is 2. The first-order valence-corrected chi connectivity index (χ1v) is 18.6. The number of para-hydroxylation sites is 3. The first-order valence-electron chi connectivity index (χ1n) is 17.8. The number of thiophene rings is 1. The Morgan fingerprint density at radius 1 is 0.784 bits per heavy atom. The molecule has 7 aromatic rings. The summed E-state index contributed by atoms with van der Waals surface area (Å²) in [5.41, 5.74) is 14.3. The van der Waals surface area contributed by atoms with Gasteiger partial charge < -0.3 is 14.8 Å². The molecule has 1 unspecified atom stereocenters. The first-order chi connectivity index (χ1) is 25.2. The fourth-order valence-electron chi connectivity index (χ4n) is 8.36. The lowest BCUT2D eigenvalue weighted by Crippen LogP contribution is -2.15. The quantitative estimate of drug-likeness (QED) is 0.165.